The highest BCUT2D eigenvalue weighted by Crippen LogP contribution is 2.24. The van der Waals surface area contributed by atoms with Gasteiger partial charge < -0.3 is 16.2 Å². The number of carbonyl (C=O) groups is 1. The molecule has 2 rings (SSSR count). The van der Waals surface area contributed by atoms with Crippen LogP contribution in [0.2, 0.25) is 0 Å². The van der Waals surface area contributed by atoms with Gasteiger partial charge in [-0.05, 0) is 42.7 Å². The molecular weight excluding hydrogens is 252 g/mol. The molecule has 0 radical (unpaired) electrons. The normalized spacial score (nSPS) is 10.2. The highest BCUT2D eigenvalue weighted by molar-refractivity contribution is 5.92. The number of para-hydroxylation sites is 1. The van der Waals surface area contributed by atoms with Gasteiger partial charge in [-0.3, -0.25) is 4.79 Å². The van der Waals surface area contributed by atoms with Gasteiger partial charge in [0.2, 0.25) is 5.91 Å². The Labute approximate surface area is 118 Å². The molecule has 0 aliphatic carbocycles. The van der Waals surface area contributed by atoms with E-state index in [2.05, 4.69) is 5.32 Å². The molecule has 20 heavy (non-hydrogen) atoms. The van der Waals surface area contributed by atoms with Crippen LogP contribution in [-0.2, 0) is 11.2 Å². The number of hydrogen-bond acceptors (Lipinski definition) is 3. The molecule has 1 amide bonds. The van der Waals surface area contributed by atoms with Crippen LogP contribution < -0.4 is 11.1 Å². The number of hydrogen-bond donors (Lipinski definition) is 3. The van der Waals surface area contributed by atoms with Crippen LogP contribution in [0.5, 0.6) is 5.75 Å². The second kappa shape index (κ2) is 6.10. The van der Waals surface area contributed by atoms with Crippen LogP contribution in [0.4, 0.5) is 11.4 Å². The van der Waals surface area contributed by atoms with Crippen LogP contribution in [0.15, 0.2) is 42.5 Å². The minimum absolute atomic E-state index is 0.0724. The van der Waals surface area contributed by atoms with Gasteiger partial charge in [0.25, 0.3) is 0 Å². The quantitative estimate of drug-likeness (QED) is 0.590. The van der Waals surface area contributed by atoms with Gasteiger partial charge in [0, 0.05) is 12.1 Å². The predicted molar refractivity (Wildman–Crippen MR) is 80.6 cm³/mol. The van der Waals surface area contributed by atoms with Gasteiger partial charge in [-0.15, -0.1) is 0 Å². The lowest BCUT2D eigenvalue weighted by atomic mass is 10.1. The molecule has 0 fully saturated rings. The van der Waals surface area contributed by atoms with E-state index in [0.29, 0.717) is 24.2 Å². The zero-order chi connectivity index (χ0) is 14.5. The van der Waals surface area contributed by atoms with Crippen molar-refractivity contribution >= 4 is 17.3 Å². The van der Waals surface area contributed by atoms with E-state index in [1.54, 1.807) is 18.2 Å². The molecule has 0 unspecified atom stereocenters. The van der Waals surface area contributed by atoms with Crippen molar-refractivity contribution in [3.8, 4) is 5.75 Å². The fraction of sp³-hybridized carbons (Fsp3) is 0.188. The molecule has 0 aromatic heterocycles. The van der Waals surface area contributed by atoms with Crippen LogP contribution in [0.1, 0.15) is 17.5 Å². The summed E-state index contributed by atoms with van der Waals surface area (Å²) >= 11 is 0. The number of aryl methyl sites for hydroxylation is 2. The zero-order valence-electron chi connectivity index (χ0n) is 11.4. The number of phenols is 1. The maximum atomic E-state index is 11.9. The maximum Gasteiger partial charge on any atom is 0.224 e. The fourth-order valence-corrected chi connectivity index (χ4v) is 1.97. The van der Waals surface area contributed by atoms with E-state index in [1.807, 2.05) is 31.2 Å². The Morgan fingerprint density at radius 2 is 2.00 bits per heavy atom. The largest absolute Gasteiger partial charge is 0.506 e. The summed E-state index contributed by atoms with van der Waals surface area (Å²) in [5.41, 5.74) is 8.90. The van der Waals surface area contributed by atoms with Crippen molar-refractivity contribution in [3.63, 3.8) is 0 Å². The van der Waals surface area contributed by atoms with Gasteiger partial charge in [0.15, 0.2) is 0 Å². The molecule has 4 heteroatoms. The van der Waals surface area contributed by atoms with Crippen LogP contribution in [0, 0.1) is 6.92 Å². The van der Waals surface area contributed by atoms with E-state index >= 15 is 0 Å². The summed E-state index contributed by atoms with van der Waals surface area (Å²) in [6.07, 6.45) is 0.896. The van der Waals surface area contributed by atoms with Crippen molar-refractivity contribution in [2.24, 2.45) is 0 Å². The Balaban J connectivity index is 1.96. The van der Waals surface area contributed by atoms with Gasteiger partial charge in [-0.2, -0.15) is 0 Å². The summed E-state index contributed by atoms with van der Waals surface area (Å²) < 4.78 is 0. The first-order valence-corrected chi connectivity index (χ1v) is 6.49. The third-order valence-corrected chi connectivity index (χ3v) is 3.10. The second-order valence-electron chi connectivity index (χ2n) is 4.77. The Morgan fingerprint density at radius 1 is 1.25 bits per heavy atom. The van der Waals surface area contributed by atoms with Gasteiger partial charge in [0.1, 0.15) is 5.75 Å². The van der Waals surface area contributed by atoms with Crippen molar-refractivity contribution < 1.29 is 9.90 Å². The Bertz CT molecular complexity index is 624. The van der Waals surface area contributed by atoms with Crippen LogP contribution >= 0.6 is 0 Å². The molecule has 2 aromatic rings. The highest BCUT2D eigenvalue weighted by atomic mass is 16.3. The summed E-state index contributed by atoms with van der Waals surface area (Å²) in [5, 5.41) is 12.4. The third kappa shape index (κ3) is 3.51. The van der Waals surface area contributed by atoms with Crippen molar-refractivity contribution in [3.05, 3.63) is 53.6 Å². The molecule has 0 saturated heterocycles. The minimum atomic E-state index is -0.144. The molecule has 0 spiro atoms. The van der Waals surface area contributed by atoms with Gasteiger partial charge in [-0.1, -0.05) is 24.3 Å². The van der Waals surface area contributed by atoms with Crippen LogP contribution in [0.25, 0.3) is 0 Å². The van der Waals surface area contributed by atoms with Gasteiger partial charge >= 0.3 is 0 Å². The Hall–Kier alpha value is -2.49. The highest BCUT2D eigenvalue weighted by Gasteiger charge is 2.08. The Morgan fingerprint density at radius 3 is 2.75 bits per heavy atom. The van der Waals surface area contributed by atoms with E-state index in [-0.39, 0.29) is 11.7 Å². The number of aromatic hydroxyl groups is 1. The van der Waals surface area contributed by atoms with Crippen molar-refractivity contribution in [1.29, 1.82) is 0 Å². The molecule has 0 heterocycles. The molecule has 2 aromatic carbocycles. The van der Waals surface area contributed by atoms with E-state index in [4.69, 9.17) is 5.73 Å². The molecule has 4 N–H and O–H groups in total. The van der Waals surface area contributed by atoms with Crippen molar-refractivity contribution in [2.75, 3.05) is 11.1 Å². The summed E-state index contributed by atoms with van der Waals surface area (Å²) in [5.74, 6) is -0.0719. The number of nitrogens with two attached hydrogens (primary N) is 1. The first-order valence-electron chi connectivity index (χ1n) is 6.49. The summed E-state index contributed by atoms with van der Waals surface area (Å²) in [7, 11) is 0. The molecular formula is C16H18N2O2. The summed E-state index contributed by atoms with van der Waals surface area (Å²) in [6, 6.07) is 12.6. The van der Waals surface area contributed by atoms with E-state index < -0.39 is 0 Å². The fourth-order valence-electron chi connectivity index (χ4n) is 1.97. The summed E-state index contributed by atoms with van der Waals surface area (Å²) in [4.78, 5) is 11.9. The zero-order valence-corrected chi connectivity index (χ0v) is 11.4. The third-order valence-electron chi connectivity index (χ3n) is 3.10. The topological polar surface area (TPSA) is 75.3 Å². The van der Waals surface area contributed by atoms with Gasteiger partial charge in [-0.25, -0.2) is 0 Å². The smallest absolute Gasteiger partial charge is 0.224 e. The number of carbonyl (C=O) groups excluding carboxylic acids is 1. The van der Waals surface area contributed by atoms with Crippen LogP contribution in [0.3, 0.4) is 0 Å². The lowest BCUT2D eigenvalue weighted by Crippen LogP contribution is -2.13. The van der Waals surface area contributed by atoms with Crippen molar-refractivity contribution in [1.82, 2.24) is 0 Å². The first kappa shape index (κ1) is 13.9. The average Bonchev–Trinajstić information content (AvgIpc) is 2.42. The average molecular weight is 270 g/mol. The molecule has 4 nitrogen and oxygen atoms in total. The lowest BCUT2D eigenvalue weighted by Gasteiger charge is -2.09. The number of phenolic OH excluding ortho intramolecular Hbond substituents is 1. The number of benzene rings is 2. The molecule has 0 saturated carbocycles. The Kier molecular flexibility index (Phi) is 4.25. The standard InChI is InChI=1S/C16H18N2O2/c1-11-6-8-15(19)14(10-11)18-16(20)9-7-12-4-2-3-5-13(12)17/h2-6,8,10,19H,7,9,17H2,1H3,(H,18,20). The minimum Gasteiger partial charge on any atom is -0.506 e. The maximum absolute atomic E-state index is 11.9. The van der Waals surface area contributed by atoms with Gasteiger partial charge in [0.05, 0.1) is 5.69 Å². The monoisotopic (exact) mass is 270 g/mol. The molecule has 0 aliphatic heterocycles. The SMILES string of the molecule is Cc1ccc(O)c(NC(=O)CCc2ccccc2N)c1. The molecule has 0 bridgehead atoms. The van der Waals surface area contributed by atoms with E-state index in [9.17, 15) is 9.90 Å². The lowest BCUT2D eigenvalue weighted by molar-refractivity contribution is -0.116. The second-order valence-corrected chi connectivity index (χ2v) is 4.77. The summed E-state index contributed by atoms with van der Waals surface area (Å²) in [6.45, 7) is 1.90. The number of rotatable bonds is 4. The number of nitrogens with one attached hydrogen (secondary N) is 1. The number of anilines is 2. The van der Waals surface area contributed by atoms with E-state index in [1.165, 1.54) is 0 Å². The predicted octanol–water partition coefficient (Wildman–Crippen LogP) is 2.85. The molecule has 0 aliphatic rings. The van der Waals surface area contributed by atoms with E-state index in [0.717, 1.165) is 11.1 Å². The number of amides is 1. The molecule has 104 valence electrons. The van der Waals surface area contributed by atoms with Crippen LogP contribution in [-0.4, -0.2) is 11.0 Å². The van der Waals surface area contributed by atoms with Crippen molar-refractivity contribution in [2.45, 2.75) is 19.8 Å². The molecule has 0 atom stereocenters. The first-order chi connectivity index (χ1) is 9.56. The number of nitrogen functional groups attached to an aromatic ring is 1.